The summed E-state index contributed by atoms with van der Waals surface area (Å²) in [4.78, 5) is 14.9. The Morgan fingerprint density at radius 3 is 2.73 bits per heavy atom. The molecule has 6 heteroatoms. The second-order valence-corrected chi connectivity index (χ2v) is 7.58. The second kappa shape index (κ2) is 6.78. The van der Waals surface area contributed by atoms with Gasteiger partial charge in [0.2, 0.25) is 0 Å². The van der Waals surface area contributed by atoms with E-state index in [1.54, 1.807) is 4.57 Å². The zero-order chi connectivity index (χ0) is 18.3. The maximum atomic E-state index is 12.7. The average Bonchev–Trinajstić information content (AvgIpc) is 2.66. The molecule has 6 nitrogen and oxygen atoms in total. The highest BCUT2D eigenvalue weighted by Crippen LogP contribution is 2.35. The number of nitrogens with zero attached hydrogens (tertiary/aromatic N) is 2. The molecule has 1 spiro atoms. The van der Waals surface area contributed by atoms with Gasteiger partial charge in [-0.25, -0.2) is 0 Å². The summed E-state index contributed by atoms with van der Waals surface area (Å²) >= 11 is 0. The van der Waals surface area contributed by atoms with Crippen LogP contribution in [0.4, 0.5) is 0 Å². The molecule has 4 rings (SSSR count). The van der Waals surface area contributed by atoms with Crippen LogP contribution in [0, 0.1) is 0 Å². The molecule has 2 aliphatic heterocycles. The van der Waals surface area contributed by atoms with E-state index in [9.17, 15) is 15.0 Å². The van der Waals surface area contributed by atoms with Gasteiger partial charge in [-0.15, -0.1) is 0 Å². The van der Waals surface area contributed by atoms with Crippen molar-refractivity contribution in [3.05, 3.63) is 46.2 Å². The molecule has 0 amide bonds. The first-order valence-electron chi connectivity index (χ1n) is 9.30. The number of aliphatic hydroxyl groups is 2. The third-order valence-corrected chi connectivity index (χ3v) is 6.01. The van der Waals surface area contributed by atoms with Crippen molar-refractivity contribution in [2.24, 2.45) is 7.05 Å². The van der Waals surface area contributed by atoms with Crippen LogP contribution in [0.25, 0.3) is 10.9 Å². The lowest BCUT2D eigenvalue weighted by molar-refractivity contribution is -0.214. The van der Waals surface area contributed by atoms with Crippen molar-refractivity contribution in [1.82, 2.24) is 9.47 Å². The number of ether oxygens (including phenoxy) is 1. The average molecular weight is 358 g/mol. The van der Waals surface area contributed by atoms with Gasteiger partial charge in [0.1, 0.15) is 6.10 Å². The largest absolute Gasteiger partial charge is 0.390 e. The summed E-state index contributed by atoms with van der Waals surface area (Å²) in [5.41, 5.74) is 1.12. The third-order valence-electron chi connectivity index (χ3n) is 6.01. The summed E-state index contributed by atoms with van der Waals surface area (Å²) in [7, 11) is 1.81. The van der Waals surface area contributed by atoms with E-state index in [4.69, 9.17) is 4.74 Å². The Kier molecular flexibility index (Phi) is 4.61. The fourth-order valence-electron chi connectivity index (χ4n) is 4.35. The summed E-state index contributed by atoms with van der Waals surface area (Å²) in [6, 6.07) is 9.89. The number of aryl methyl sites for hydroxylation is 1. The van der Waals surface area contributed by atoms with E-state index < -0.39 is 17.8 Å². The fraction of sp³-hybridized carbons (Fsp3) is 0.550. The molecule has 2 N–H and O–H groups in total. The number of hydrogen-bond donors (Lipinski definition) is 2. The first-order chi connectivity index (χ1) is 12.5. The second-order valence-electron chi connectivity index (χ2n) is 7.58. The van der Waals surface area contributed by atoms with Gasteiger partial charge >= 0.3 is 0 Å². The summed E-state index contributed by atoms with van der Waals surface area (Å²) in [6.45, 7) is 2.55. The van der Waals surface area contributed by atoms with Crippen LogP contribution >= 0.6 is 0 Å². The quantitative estimate of drug-likeness (QED) is 0.838. The van der Waals surface area contributed by atoms with Crippen molar-refractivity contribution in [3.63, 3.8) is 0 Å². The van der Waals surface area contributed by atoms with E-state index in [1.807, 2.05) is 37.4 Å². The van der Waals surface area contributed by atoms with E-state index in [0.717, 1.165) is 29.6 Å². The minimum absolute atomic E-state index is 0.0355. The number of piperidine rings is 1. The molecule has 2 aromatic rings. The molecule has 2 fully saturated rings. The minimum atomic E-state index is -0.827. The van der Waals surface area contributed by atoms with Gasteiger partial charge in [-0.2, -0.15) is 0 Å². The van der Waals surface area contributed by atoms with Gasteiger partial charge in [0.05, 0.1) is 23.8 Å². The van der Waals surface area contributed by atoms with Gasteiger partial charge in [-0.1, -0.05) is 18.2 Å². The molecule has 0 aliphatic carbocycles. The summed E-state index contributed by atoms with van der Waals surface area (Å²) in [5, 5.41) is 21.4. The number of para-hydroxylation sites is 1. The van der Waals surface area contributed by atoms with E-state index in [-0.39, 0.29) is 5.56 Å². The molecule has 26 heavy (non-hydrogen) atoms. The van der Waals surface area contributed by atoms with Crippen LogP contribution in [-0.2, 0) is 18.3 Å². The topological polar surface area (TPSA) is 74.9 Å². The number of aliphatic hydroxyl groups excluding tert-OH is 2. The van der Waals surface area contributed by atoms with Crippen molar-refractivity contribution in [1.29, 1.82) is 0 Å². The summed E-state index contributed by atoms with van der Waals surface area (Å²) in [6.07, 6.45) is 0.285. The molecular formula is C20H26N2O4. The predicted octanol–water partition coefficient (Wildman–Crippen LogP) is 1.02. The van der Waals surface area contributed by atoms with E-state index in [1.165, 1.54) is 0 Å². The molecule has 2 aliphatic rings. The van der Waals surface area contributed by atoms with Crippen molar-refractivity contribution in [3.8, 4) is 0 Å². The number of fused-ring (bicyclic) bond motifs is 1. The van der Waals surface area contributed by atoms with Crippen LogP contribution in [0.1, 0.15) is 24.8 Å². The maximum absolute atomic E-state index is 12.7. The first kappa shape index (κ1) is 17.7. The van der Waals surface area contributed by atoms with Crippen LogP contribution in [0.15, 0.2) is 35.1 Å². The van der Waals surface area contributed by atoms with Crippen LogP contribution in [0.2, 0.25) is 0 Å². The van der Waals surface area contributed by atoms with Gasteiger partial charge in [0.15, 0.2) is 0 Å². The Bertz CT molecular complexity index is 855. The molecule has 2 atom stereocenters. The molecule has 1 aromatic carbocycles. The normalized spacial score (nSPS) is 26.4. The molecule has 3 heterocycles. The lowest BCUT2D eigenvalue weighted by Gasteiger charge is -2.48. The molecule has 2 saturated heterocycles. The lowest BCUT2D eigenvalue weighted by Crippen LogP contribution is -2.59. The molecule has 0 unspecified atom stereocenters. The SMILES string of the molecule is Cn1c(=O)c(CN2CCC3(CC2)OCC[C@H](O)[C@@H]3O)cc2ccccc21. The van der Waals surface area contributed by atoms with Crippen LogP contribution in [-0.4, -0.2) is 57.2 Å². The molecule has 0 radical (unpaired) electrons. The monoisotopic (exact) mass is 358 g/mol. The molecule has 0 bridgehead atoms. The Labute approximate surface area is 152 Å². The Hall–Kier alpha value is -1.73. The Balaban J connectivity index is 1.51. The van der Waals surface area contributed by atoms with E-state index in [2.05, 4.69) is 4.90 Å². The zero-order valence-corrected chi connectivity index (χ0v) is 15.1. The van der Waals surface area contributed by atoms with Crippen LogP contribution in [0.5, 0.6) is 0 Å². The smallest absolute Gasteiger partial charge is 0.255 e. The van der Waals surface area contributed by atoms with Crippen molar-refractivity contribution in [2.45, 2.75) is 43.6 Å². The lowest BCUT2D eigenvalue weighted by atomic mass is 9.80. The Morgan fingerprint density at radius 1 is 1.23 bits per heavy atom. The standard InChI is InChI=1S/C20H26N2O4/c1-21-16-5-3-2-4-14(16)12-15(19(21)25)13-22-9-7-20(8-10-22)18(24)17(23)6-11-26-20/h2-5,12,17-18,23-24H,6-11,13H2,1H3/t17-,18-/m0/s1. The number of likely N-dealkylation sites (tertiary alicyclic amines) is 1. The van der Waals surface area contributed by atoms with Gasteiger partial charge in [-0.3, -0.25) is 9.69 Å². The van der Waals surface area contributed by atoms with Crippen LogP contribution in [0.3, 0.4) is 0 Å². The predicted molar refractivity (Wildman–Crippen MR) is 99.0 cm³/mol. The van der Waals surface area contributed by atoms with Crippen molar-refractivity contribution in [2.75, 3.05) is 19.7 Å². The van der Waals surface area contributed by atoms with Crippen LogP contribution < -0.4 is 5.56 Å². The molecule has 1 aromatic heterocycles. The third kappa shape index (κ3) is 2.97. The summed E-state index contributed by atoms with van der Waals surface area (Å²) in [5.74, 6) is 0. The summed E-state index contributed by atoms with van der Waals surface area (Å²) < 4.78 is 7.59. The van der Waals surface area contributed by atoms with Crippen molar-refractivity contribution >= 4 is 10.9 Å². The highest BCUT2D eigenvalue weighted by atomic mass is 16.5. The molecule has 140 valence electrons. The number of aromatic nitrogens is 1. The molecule has 0 saturated carbocycles. The number of benzene rings is 1. The Morgan fingerprint density at radius 2 is 1.96 bits per heavy atom. The van der Waals surface area contributed by atoms with Gasteiger partial charge in [0.25, 0.3) is 5.56 Å². The van der Waals surface area contributed by atoms with E-state index in [0.29, 0.717) is 32.4 Å². The minimum Gasteiger partial charge on any atom is -0.390 e. The van der Waals surface area contributed by atoms with Crippen molar-refractivity contribution < 1.29 is 14.9 Å². The fourth-order valence-corrected chi connectivity index (χ4v) is 4.35. The highest BCUT2D eigenvalue weighted by Gasteiger charge is 2.47. The zero-order valence-electron chi connectivity index (χ0n) is 15.1. The number of hydrogen-bond acceptors (Lipinski definition) is 5. The van der Waals surface area contributed by atoms with Gasteiger partial charge in [0, 0.05) is 32.2 Å². The van der Waals surface area contributed by atoms with Gasteiger partial charge < -0.3 is 19.5 Å². The first-order valence-corrected chi connectivity index (χ1v) is 9.30. The highest BCUT2D eigenvalue weighted by molar-refractivity contribution is 5.79. The maximum Gasteiger partial charge on any atom is 0.255 e. The van der Waals surface area contributed by atoms with Gasteiger partial charge in [-0.05, 0) is 36.8 Å². The number of pyridine rings is 1. The van der Waals surface area contributed by atoms with E-state index >= 15 is 0 Å². The molecular weight excluding hydrogens is 332 g/mol. The number of rotatable bonds is 2.